The van der Waals surface area contributed by atoms with E-state index in [4.69, 9.17) is 9.05 Å². The van der Waals surface area contributed by atoms with Crippen LogP contribution in [-0.2, 0) is 15.9 Å². The molecule has 2 rings (SSSR count). The molecule has 2 aromatic rings. The maximum absolute atomic E-state index is 12.0. The molecule has 0 aliphatic heterocycles. The number of carbonyl (C=O) groups excluding carboxylic acids is 1. The Kier molecular flexibility index (Phi) is 8.76. The number of nitro benzene ring substituents is 1. The summed E-state index contributed by atoms with van der Waals surface area (Å²) in [6.07, 6.45) is 0. The first-order valence-corrected chi connectivity index (χ1v) is 12.1. The third kappa shape index (κ3) is 8.01. The number of thioether (sulfide) groups is 1. The van der Waals surface area contributed by atoms with E-state index in [1.165, 1.54) is 24.3 Å². The minimum absolute atomic E-state index is 0.0323. The van der Waals surface area contributed by atoms with Crippen LogP contribution in [0.1, 0.15) is 26.3 Å². The molecule has 0 aliphatic rings. The standard InChI is InChI=1S/C20H27N2O6PS/c1-20(2,3)19(23)30-14-13-27-29(26,21-15-16-7-5-4-6-8-16)28-18-11-9-17(10-12-18)22(24)25/h4-12,21,26,29H,13-15H2,1-3H3. The van der Waals surface area contributed by atoms with Gasteiger partial charge in [0.2, 0.25) is 0 Å². The van der Waals surface area contributed by atoms with E-state index < -0.39 is 18.4 Å². The second kappa shape index (κ2) is 10.8. The molecular formula is C20H27N2O6PS. The maximum atomic E-state index is 12.0. The Bertz CT molecular complexity index is 845. The van der Waals surface area contributed by atoms with Gasteiger partial charge in [-0.15, -0.1) is 0 Å². The van der Waals surface area contributed by atoms with Crippen LogP contribution in [0.3, 0.4) is 0 Å². The molecule has 0 amide bonds. The first-order chi connectivity index (χ1) is 14.1. The summed E-state index contributed by atoms with van der Waals surface area (Å²) < 4.78 is 11.3. The number of rotatable bonds is 10. The van der Waals surface area contributed by atoms with E-state index in [0.29, 0.717) is 12.3 Å². The molecule has 0 aromatic heterocycles. The third-order valence-electron chi connectivity index (χ3n) is 3.89. The van der Waals surface area contributed by atoms with Crippen LogP contribution in [-0.4, -0.2) is 27.3 Å². The van der Waals surface area contributed by atoms with Crippen molar-refractivity contribution in [2.75, 3.05) is 12.4 Å². The molecule has 0 bridgehead atoms. The normalized spacial score (nSPS) is 12.4. The van der Waals surface area contributed by atoms with Gasteiger partial charge in [-0.2, -0.15) is 0 Å². The Balaban J connectivity index is 2.02. The monoisotopic (exact) mass is 454 g/mol. The Hall–Kier alpha value is -2.03. The van der Waals surface area contributed by atoms with Crippen LogP contribution < -0.4 is 9.61 Å². The summed E-state index contributed by atoms with van der Waals surface area (Å²) in [6.45, 7) is 5.93. The van der Waals surface area contributed by atoms with Gasteiger partial charge in [0.15, 0.2) is 0 Å². The van der Waals surface area contributed by atoms with Crippen LogP contribution >= 0.6 is 19.9 Å². The number of non-ortho nitro benzene ring substituents is 1. The van der Waals surface area contributed by atoms with Crippen molar-refractivity contribution in [3.63, 3.8) is 0 Å². The van der Waals surface area contributed by atoms with Crippen LogP contribution in [0.2, 0.25) is 0 Å². The molecule has 0 unspecified atom stereocenters. The van der Waals surface area contributed by atoms with Crippen LogP contribution in [0.5, 0.6) is 5.75 Å². The molecule has 10 heteroatoms. The van der Waals surface area contributed by atoms with Gasteiger partial charge in [0.05, 0.1) is 0 Å². The van der Waals surface area contributed by atoms with Gasteiger partial charge in [-0.25, -0.2) is 0 Å². The molecule has 2 N–H and O–H groups in total. The average molecular weight is 454 g/mol. The number of nitrogens with one attached hydrogen (secondary N) is 1. The Morgan fingerprint density at radius 3 is 2.37 bits per heavy atom. The fourth-order valence-corrected chi connectivity index (χ4v) is 4.68. The number of carbonyl (C=O) groups is 1. The van der Waals surface area contributed by atoms with Gasteiger partial charge in [0.1, 0.15) is 0 Å². The zero-order chi connectivity index (χ0) is 22.2. The van der Waals surface area contributed by atoms with Gasteiger partial charge >= 0.3 is 181 Å². The summed E-state index contributed by atoms with van der Waals surface area (Å²) in [5, 5.41) is 13.8. The van der Waals surface area contributed by atoms with Crippen molar-refractivity contribution in [3.8, 4) is 5.75 Å². The topological polar surface area (TPSA) is 111 Å². The van der Waals surface area contributed by atoms with E-state index in [1.807, 2.05) is 51.1 Å². The number of benzene rings is 2. The molecule has 0 saturated heterocycles. The molecule has 0 aliphatic carbocycles. The fourth-order valence-electron chi connectivity index (χ4n) is 2.25. The van der Waals surface area contributed by atoms with Crippen molar-refractivity contribution in [1.82, 2.24) is 5.09 Å². The molecule has 8 nitrogen and oxygen atoms in total. The second-order valence-electron chi connectivity index (χ2n) is 7.51. The van der Waals surface area contributed by atoms with Crippen LogP contribution in [0, 0.1) is 15.5 Å². The molecule has 164 valence electrons. The van der Waals surface area contributed by atoms with Crippen LogP contribution in [0.25, 0.3) is 0 Å². The second-order valence-corrected chi connectivity index (χ2v) is 10.6. The number of nitrogens with zero attached hydrogens (tertiary/aromatic N) is 1. The summed E-state index contributed by atoms with van der Waals surface area (Å²) >= 11 is 1.14. The van der Waals surface area contributed by atoms with E-state index in [2.05, 4.69) is 5.09 Å². The molecular weight excluding hydrogens is 427 g/mol. The number of nitro groups is 1. The van der Waals surface area contributed by atoms with Crippen molar-refractivity contribution < 1.29 is 23.7 Å². The van der Waals surface area contributed by atoms with Gasteiger partial charge in [-0.3, -0.25) is 0 Å². The SMILES string of the molecule is CC(C)(C)C(=O)SCCO[PH](O)(NCc1ccccc1)Oc1ccc([N+](=O)[O-])cc1. The Labute approximate surface area is 180 Å². The van der Waals surface area contributed by atoms with Crippen molar-refractivity contribution in [2.24, 2.45) is 5.41 Å². The first kappa shape index (κ1) is 24.2. The van der Waals surface area contributed by atoms with Gasteiger partial charge in [-0.05, 0) is 0 Å². The van der Waals surface area contributed by atoms with E-state index in [1.54, 1.807) is 0 Å². The zero-order valence-electron chi connectivity index (χ0n) is 17.2. The molecule has 0 heterocycles. The average Bonchev–Trinajstić information content (AvgIpc) is 2.70. The van der Waals surface area contributed by atoms with Crippen molar-refractivity contribution in [2.45, 2.75) is 27.3 Å². The summed E-state index contributed by atoms with van der Waals surface area (Å²) in [5.41, 5.74) is 0.388. The van der Waals surface area contributed by atoms with Gasteiger partial charge < -0.3 is 0 Å². The van der Waals surface area contributed by atoms with Crippen molar-refractivity contribution in [3.05, 3.63) is 70.3 Å². The molecule has 2 aromatic carbocycles. The Morgan fingerprint density at radius 2 is 1.80 bits per heavy atom. The molecule has 0 radical (unpaired) electrons. The van der Waals surface area contributed by atoms with Crippen LogP contribution in [0.4, 0.5) is 5.69 Å². The third-order valence-corrected chi connectivity index (χ3v) is 6.87. The van der Waals surface area contributed by atoms with Gasteiger partial charge in [0, 0.05) is 0 Å². The van der Waals surface area contributed by atoms with Crippen LogP contribution in [0.15, 0.2) is 54.6 Å². The molecule has 0 fully saturated rings. The van der Waals surface area contributed by atoms with Gasteiger partial charge in [-0.1, -0.05) is 0 Å². The summed E-state index contributed by atoms with van der Waals surface area (Å²) in [5.74, 6) is 0.607. The molecule has 0 atom stereocenters. The van der Waals surface area contributed by atoms with Crippen molar-refractivity contribution >= 4 is 30.7 Å². The van der Waals surface area contributed by atoms with E-state index >= 15 is 0 Å². The van der Waals surface area contributed by atoms with E-state index in [-0.39, 0.29) is 23.2 Å². The first-order valence-electron chi connectivity index (χ1n) is 9.35. The van der Waals surface area contributed by atoms with Gasteiger partial charge in [0.25, 0.3) is 0 Å². The molecule has 0 saturated carbocycles. The predicted molar refractivity (Wildman–Crippen MR) is 120 cm³/mol. The van der Waals surface area contributed by atoms with E-state index in [9.17, 15) is 19.8 Å². The molecule has 30 heavy (non-hydrogen) atoms. The summed E-state index contributed by atoms with van der Waals surface area (Å²) in [7, 11) is -3.88. The predicted octanol–water partition coefficient (Wildman–Crippen LogP) is 4.49. The number of hydrogen-bond acceptors (Lipinski definition) is 8. The van der Waals surface area contributed by atoms with E-state index in [0.717, 1.165) is 17.3 Å². The summed E-state index contributed by atoms with van der Waals surface area (Å²) in [6, 6.07) is 14.8. The quantitative estimate of drug-likeness (QED) is 0.234. The number of hydrogen-bond donors (Lipinski definition) is 2. The fraction of sp³-hybridized carbons (Fsp3) is 0.350. The Morgan fingerprint density at radius 1 is 1.17 bits per heavy atom. The van der Waals surface area contributed by atoms with Crippen molar-refractivity contribution in [1.29, 1.82) is 0 Å². The molecule has 0 spiro atoms. The zero-order valence-corrected chi connectivity index (χ0v) is 19.0. The summed E-state index contributed by atoms with van der Waals surface area (Å²) in [4.78, 5) is 33.3. The minimum atomic E-state index is -3.88.